The lowest BCUT2D eigenvalue weighted by Crippen LogP contribution is -2.47. The number of benzene rings is 2. The molecule has 162 valence electrons. The van der Waals surface area contributed by atoms with Gasteiger partial charge in [0.25, 0.3) is 0 Å². The van der Waals surface area contributed by atoms with Crippen LogP contribution in [0, 0.1) is 21.3 Å². The zero-order valence-electron chi connectivity index (χ0n) is 17.2. The Morgan fingerprint density at radius 1 is 1.33 bits per heavy atom. The van der Waals surface area contributed by atoms with E-state index in [-0.39, 0.29) is 29.4 Å². The van der Waals surface area contributed by atoms with Crippen LogP contribution in [0.1, 0.15) is 31.9 Å². The summed E-state index contributed by atoms with van der Waals surface area (Å²) in [7, 11) is 1.31. The summed E-state index contributed by atoms with van der Waals surface area (Å²) in [5.41, 5.74) is 0.251. The molecule has 0 fully saturated rings. The summed E-state index contributed by atoms with van der Waals surface area (Å²) in [4.78, 5) is 23.9. The van der Waals surface area contributed by atoms with Crippen LogP contribution >= 0.6 is 11.6 Å². The number of carbonyl (C=O) groups is 1. The van der Waals surface area contributed by atoms with Crippen LogP contribution in [0.2, 0.25) is 5.02 Å². The SMILES string of the molecule is COc1cc(CC(N(Cc2cccc(F)c2)C(=O)O)C(C)(C)C)c(Cl)cc1[N+](=O)[O-]. The molecule has 0 heterocycles. The van der Waals surface area contributed by atoms with Crippen LogP contribution in [-0.2, 0) is 13.0 Å². The fraction of sp³-hybridized carbons (Fsp3) is 0.381. The molecule has 0 bridgehead atoms. The summed E-state index contributed by atoms with van der Waals surface area (Å²) in [5.74, 6) is -0.410. The smallest absolute Gasteiger partial charge is 0.407 e. The van der Waals surface area contributed by atoms with E-state index in [1.54, 1.807) is 6.07 Å². The summed E-state index contributed by atoms with van der Waals surface area (Å²) < 4.78 is 18.7. The van der Waals surface area contributed by atoms with Crippen LogP contribution in [0.4, 0.5) is 14.9 Å². The highest BCUT2D eigenvalue weighted by Crippen LogP contribution is 2.36. The first-order chi connectivity index (χ1) is 13.9. The molecule has 2 rings (SSSR count). The number of amides is 1. The maximum absolute atomic E-state index is 13.6. The zero-order chi connectivity index (χ0) is 22.6. The highest BCUT2D eigenvalue weighted by molar-refractivity contribution is 6.31. The number of nitro benzene ring substituents is 1. The Balaban J connectivity index is 2.46. The Labute approximate surface area is 179 Å². The normalized spacial score (nSPS) is 12.3. The molecular formula is C21H24ClFN2O5. The lowest BCUT2D eigenvalue weighted by molar-refractivity contribution is -0.385. The maximum atomic E-state index is 13.6. The van der Waals surface area contributed by atoms with Gasteiger partial charge in [-0.15, -0.1) is 0 Å². The number of methoxy groups -OCH3 is 1. The molecule has 9 heteroatoms. The lowest BCUT2D eigenvalue weighted by Gasteiger charge is -2.39. The zero-order valence-corrected chi connectivity index (χ0v) is 17.9. The molecule has 2 aromatic carbocycles. The van der Waals surface area contributed by atoms with Gasteiger partial charge in [-0.1, -0.05) is 44.5 Å². The van der Waals surface area contributed by atoms with Gasteiger partial charge in [0.05, 0.1) is 17.1 Å². The molecule has 0 saturated heterocycles. The monoisotopic (exact) mass is 438 g/mol. The minimum Gasteiger partial charge on any atom is -0.490 e. The van der Waals surface area contributed by atoms with Gasteiger partial charge in [-0.25, -0.2) is 9.18 Å². The van der Waals surface area contributed by atoms with E-state index in [1.165, 1.54) is 42.3 Å². The average molecular weight is 439 g/mol. The number of hydrogen-bond acceptors (Lipinski definition) is 4. The number of nitro groups is 1. The summed E-state index contributed by atoms with van der Waals surface area (Å²) in [5, 5.41) is 21.2. The van der Waals surface area contributed by atoms with Crippen LogP contribution in [-0.4, -0.2) is 34.2 Å². The molecule has 7 nitrogen and oxygen atoms in total. The molecule has 2 aromatic rings. The van der Waals surface area contributed by atoms with Gasteiger partial charge in [0.15, 0.2) is 5.75 Å². The van der Waals surface area contributed by atoms with Gasteiger partial charge < -0.3 is 14.7 Å². The Kier molecular flexibility index (Phi) is 7.25. The highest BCUT2D eigenvalue weighted by Gasteiger charge is 2.35. The lowest BCUT2D eigenvalue weighted by atomic mass is 9.81. The van der Waals surface area contributed by atoms with E-state index in [4.69, 9.17) is 16.3 Å². The highest BCUT2D eigenvalue weighted by atomic mass is 35.5. The van der Waals surface area contributed by atoms with Crippen molar-refractivity contribution in [2.45, 2.75) is 39.8 Å². The predicted octanol–water partition coefficient (Wildman–Crippen LogP) is 5.53. The van der Waals surface area contributed by atoms with Gasteiger partial charge in [-0.3, -0.25) is 10.1 Å². The van der Waals surface area contributed by atoms with E-state index in [2.05, 4.69) is 0 Å². The predicted molar refractivity (Wildman–Crippen MR) is 112 cm³/mol. The van der Waals surface area contributed by atoms with Gasteiger partial charge in [-0.2, -0.15) is 0 Å². The second-order valence-electron chi connectivity index (χ2n) is 8.00. The van der Waals surface area contributed by atoms with E-state index in [0.29, 0.717) is 11.1 Å². The molecule has 0 aliphatic heterocycles. The first-order valence-corrected chi connectivity index (χ1v) is 9.56. The summed E-state index contributed by atoms with van der Waals surface area (Å²) in [6, 6.07) is 7.86. The van der Waals surface area contributed by atoms with Crippen LogP contribution in [0.15, 0.2) is 36.4 Å². The molecule has 0 aliphatic rings. The van der Waals surface area contributed by atoms with Gasteiger partial charge in [-0.05, 0) is 41.2 Å². The van der Waals surface area contributed by atoms with Crippen molar-refractivity contribution in [1.29, 1.82) is 0 Å². The summed E-state index contributed by atoms with van der Waals surface area (Å²) in [6.07, 6.45) is -0.970. The Bertz CT molecular complexity index is 945. The molecule has 1 amide bonds. The molecule has 0 saturated carbocycles. The third-order valence-electron chi connectivity index (χ3n) is 4.82. The van der Waals surface area contributed by atoms with Crippen LogP contribution < -0.4 is 4.74 Å². The van der Waals surface area contributed by atoms with Crippen molar-refractivity contribution in [3.05, 3.63) is 68.5 Å². The molecule has 0 radical (unpaired) electrons. The Morgan fingerprint density at radius 2 is 2.00 bits per heavy atom. The van der Waals surface area contributed by atoms with Crippen molar-refractivity contribution in [3.63, 3.8) is 0 Å². The van der Waals surface area contributed by atoms with E-state index < -0.39 is 28.3 Å². The van der Waals surface area contributed by atoms with Crippen molar-refractivity contribution in [2.24, 2.45) is 5.41 Å². The second-order valence-corrected chi connectivity index (χ2v) is 8.41. The largest absolute Gasteiger partial charge is 0.490 e. The number of hydrogen-bond donors (Lipinski definition) is 1. The minimum absolute atomic E-state index is 0.0171. The van der Waals surface area contributed by atoms with E-state index in [0.717, 1.165) is 0 Å². The Hall–Kier alpha value is -2.87. The topological polar surface area (TPSA) is 92.9 Å². The molecule has 1 N–H and O–H groups in total. The number of nitrogens with zero attached hydrogens (tertiary/aromatic N) is 2. The fourth-order valence-electron chi connectivity index (χ4n) is 3.28. The first-order valence-electron chi connectivity index (χ1n) is 9.18. The minimum atomic E-state index is -1.16. The Morgan fingerprint density at radius 3 is 2.50 bits per heavy atom. The van der Waals surface area contributed by atoms with Gasteiger partial charge >= 0.3 is 11.8 Å². The molecule has 30 heavy (non-hydrogen) atoms. The second kappa shape index (κ2) is 9.30. The van der Waals surface area contributed by atoms with Crippen molar-refractivity contribution in [3.8, 4) is 5.75 Å². The maximum Gasteiger partial charge on any atom is 0.407 e. The van der Waals surface area contributed by atoms with Crippen molar-refractivity contribution in [1.82, 2.24) is 4.90 Å². The molecular weight excluding hydrogens is 415 g/mol. The van der Waals surface area contributed by atoms with Crippen LogP contribution in [0.5, 0.6) is 5.75 Å². The average Bonchev–Trinajstić information content (AvgIpc) is 2.64. The molecule has 0 spiro atoms. The van der Waals surface area contributed by atoms with E-state index in [9.17, 15) is 24.4 Å². The third kappa shape index (κ3) is 5.60. The van der Waals surface area contributed by atoms with E-state index in [1.807, 2.05) is 20.8 Å². The van der Waals surface area contributed by atoms with Gasteiger partial charge in [0.1, 0.15) is 5.82 Å². The molecule has 1 unspecified atom stereocenters. The van der Waals surface area contributed by atoms with E-state index >= 15 is 0 Å². The van der Waals surface area contributed by atoms with Gasteiger partial charge in [0.2, 0.25) is 0 Å². The molecule has 0 aliphatic carbocycles. The number of rotatable bonds is 7. The number of carboxylic acid groups (broad SMARTS) is 1. The van der Waals surface area contributed by atoms with Crippen LogP contribution in [0.25, 0.3) is 0 Å². The van der Waals surface area contributed by atoms with Crippen molar-refractivity contribution in [2.75, 3.05) is 7.11 Å². The van der Waals surface area contributed by atoms with Crippen molar-refractivity contribution >= 4 is 23.4 Å². The molecule has 1 atom stereocenters. The standard InChI is InChI=1S/C21H24ClFN2O5/c1-21(2,3)19(24(20(26)27)12-13-6-5-7-15(23)8-13)10-14-9-18(30-4)17(25(28)29)11-16(14)22/h5-9,11,19H,10,12H2,1-4H3,(H,26,27). The number of halogens is 2. The first kappa shape index (κ1) is 23.4. The van der Waals surface area contributed by atoms with Crippen molar-refractivity contribution < 1.29 is 24.0 Å². The molecule has 0 aromatic heterocycles. The fourth-order valence-corrected chi connectivity index (χ4v) is 3.52. The summed E-state index contributed by atoms with van der Waals surface area (Å²) in [6.45, 7) is 5.64. The van der Waals surface area contributed by atoms with Crippen LogP contribution in [0.3, 0.4) is 0 Å². The van der Waals surface area contributed by atoms with Gasteiger partial charge in [0, 0.05) is 18.7 Å². The quantitative estimate of drug-likeness (QED) is 0.453. The summed E-state index contributed by atoms with van der Waals surface area (Å²) >= 11 is 6.29. The number of ether oxygens (including phenoxy) is 1. The third-order valence-corrected chi connectivity index (χ3v) is 5.17.